The lowest BCUT2D eigenvalue weighted by atomic mass is 9.93. The zero-order valence-electron chi connectivity index (χ0n) is 14.8. The number of halogens is 1. The highest BCUT2D eigenvalue weighted by molar-refractivity contribution is 6.41. The third kappa shape index (κ3) is 3.38. The van der Waals surface area contributed by atoms with Gasteiger partial charge in [-0.3, -0.25) is 5.32 Å². The molecule has 0 amide bonds. The molecule has 2 atom stereocenters. The summed E-state index contributed by atoms with van der Waals surface area (Å²) in [6.45, 7) is 6.43. The van der Waals surface area contributed by atoms with E-state index in [0.29, 0.717) is 6.54 Å². The predicted molar refractivity (Wildman–Crippen MR) is 105 cm³/mol. The van der Waals surface area contributed by atoms with E-state index < -0.39 is 6.23 Å². The first kappa shape index (κ1) is 18.2. The molecule has 0 spiro atoms. The minimum atomic E-state index is -0.763. The van der Waals surface area contributed by atoms with Gasteiger partial charge in [-0.25, -0.2) is 0 Å². The third-order valence-corrected chi connectivity index (χ3v) is 5.41. The van der Waals surface area contributed by atoms with Crippen LogP contribution < -0.4 is 5.32 Å². The summed E-state index contributed by atoms with van der Waals surface area (Å²) < 4.78 is 0. The molecule has 2 unspecified atom stereocenters. The number of aliphatic hydroxyl groups is 2. The Morgan fingerprint density at radius 2 is 1.60 bits per heavy atom. The van der Waals surface area contributed by atoms with Crippen LogP contribution >= 0.6 is 11.6 Å². The molecule has 0 bridgehead atoms. The van der Waals surface area contributed by atoms with E-state index in [1.807, 2.05) is 25.1 Å². The molecule has 0 radical (unpaired) electrons. The van der Waals surface area contributed by atoms with Crippen molar-refractivity contribution in [3.8, 4) is 0 Å². The van der Waals surface area contributed by atoms with Crippen LogP contribution in [0.15, 0.2) is 36.4 Å². The highest BCUT2D eigenvalue weighted by atomic mass is 35.5. The van der Waals surface area contributed by atoms with Crippen molar-refractivity contribution < 1.29 is 10.2 Å². The normalized spacial score (nSPS) is 14.2. The van der Waals surface area contributed by atoms with Gasteiger partial charge >= 0.3 is 0 Å². The molecule has 3 rings (SSSR count). The maximum absolute atomic E-state index is 10.2. The van der Waals surface area contributed by atoms with Crippen molar-refractivity contribution in [3.05, 3.63) is 58.1 Å². The molecule has 0 aliphatic carbocycles. The Bertz CT molecular complexity index is 923. The number of rotatable bonds is 5. The van der Waals surface area contributed by atoms with Gasteiger partial charge < -0.3 is 10.2 Å². The molecular weight excluding hydrogens is 334 g/mol. The average Bonchev–Trinajstić information content (AvgIpc) is 2.62. The van der Waals surface area contributed by atoms with Crippen molar-refractivity contribution in [1.82, 2.24) is 5.32 Å². The number of aryl methyl sites for hydroxylation is 2. The Hall–Kier alpha value is -1.65. The molecule has 0 fully saturated rings. The maximum atomic E-state index is 10.2. The van der Waals surface area contributed by atoms with Crippen molar-refractivity contribution in [2.24, 2.45) is 5.92 Å². The molecule has 132 valence electrons. The van der Waals surface area contributed by atoms with Crippen molar-refractivity contribution in [2.45, 2.75) is 33.5 Å². The van der Waals surface area contributed by atoms with Crippen molar-refractivity contribution in [3.63, 3.8) is 0 Å². The van der Waals surface area contributed by atoms with Crippen molar-refractivity contribution in [2.75, 3.05) is 6.61 Å². The number of hydrogen-bond acceptors (Lipinski definition) is 3. The van der Waals surface area contributed by atoms with Gasteiger partial charge in [0, 0.05) is 29.8 Å². The van der Waals surface area contributed by atoms with Crippen LogP contribution in [0, 0.1) is 19.8 Å². The molecule has 3 N–H and O–H groups in total. The largest absolute Gasteiger partial charge is 0.396 e. The molecule has 0 aromatic heterocycles. The summed E-state index contributed by atoms with van der Waals surface area (Å²) in [6, 6.07) is 12.4. The summed E-state index contributed by atoms with van der Waals surface area (Å²) in [5, 5.41) is 27.5. The first-order valence-electron chi connectivity index (χ1n) is 8.56. The zero-order chi connectivity index (χ0) is 18.1. The monoisotopic (exact) mass is 357 g/mol. The molecule has 25 heavy (non-hydrogen) atoms. The van der Waals surface area contributed by atoms with Gasteiger partial charge in [-0.1, -0.05) is 48.9 Å². The highest BCUT2D eigenvalue weighted by Crippen LogP contribution is 2.37. The first-order chi connectivity index (χ1) is 11.9. The number of aliphatic hydroxyl groups excluding tert-OH is 2. The third-order valence-electron chi connectivity index (χ3n) is 5.00. The van der Waals surface area contributed by atoms with Gasteiger partial charge in [-0.2, -0.15) is 0 Å². The van der Waals surface area contributed by atoms with Crippen LogP contribution in [-0.2, 0) is 6.54 Å². The van der Waals surface area contributed by atoms with Gasteiger partial charge in [0.05, 0.1) is 5.02 Å². The molecule has 3 aromatic rings. The zero-order valence-corrected chi connectivity index (χ0v) is 15.6. The van der Waals surface area contributed by atoms with Crippen LogP contribution in [0.2, 0.25) is 5.02 Å². The minimum Gasteiger partial charge on any atom is -0.396 e. The van der Waals surface area contributed by atoms with E-state index in [1.54, 1.807) is 0 Å². The van der Waals surface area contributed by atoms with Crippen LogP contribution in [0.25, 0.3) is 21.5 Å². The van der Waals surface area contributed by atoms with E-state index in [4.69, 9.17) is 11.6 Å². The van der Waals surface area contributed by atoms with Gasteiger partial charge in [0.2, 0.25) is 0 Å². The Kier molecular flexibility index (Phi) is 5.30. The molecule has 0 aliphatic heterocycles. The molecule has 0 saturated heterocycles. The van der Waals surface area contributed by atoms with Crippen LogP contribution in [0.1, 0.15) is 23.6 Å². The second kappa shape index (κ2) is 7.30. The minimum absolute atomic E-state index is 0.0609. The quantitative estimate of drug-likeness (QED) is 0.471. The molecule has 4 heteroatoms. The molecule has 0 aliphatic rings. The number of nitrogens with one attached hydrogen (secondary N) is 1. The average molecular weight is 358 g/mol. The summed E-state index contributed by atoms with van der Waals surface area (Å²) in [6.07, 6.45) is -0.763. The van der Waals surface area contributed by atoms with Crippen molar-refractivity contribution >= 4 is 33.1 Å². The predicted octanol–water partition coefficient (Wildman–Crippen LogP) is 4.30. The standard InChI is InChI=1S/C21H24ClNO2/c1-12-8-17-18(9-13(12)2)20(22)16-7-5-4-6-15(16)19(17)10-23-21(25)14(3)11-24/h4-9,14,21,23-25H,10-11H2,1-3H3. The second-order valence-corrected chi connectivity index (χ2v) is 7.18. The SMILES string of the molecule is Cc1cc2c(Cl)c3ccccc3c(CNC(O)C(C)CO)c2cc1C. The Balaban J connectivity index is 2.19. The van der Waals surface area contributed by atoms with E-state index in [-0.39, 0.29) is 12.5 Å². The van der Waals surface area contributed by atoms with Crippen LogP contribution in [0.3, 0.4) is 0 Å². The highest BCUT2D eigenvalue weighted by Gasteiger charge is 2.16. The number of hydrogen-bond donors (Lipinski definition) is 3. The summed E-state index contributed by atoms with van der Waals surface area (Å²) >= 11 is 6.70. The van der Waals surface area contributed by atoms with E-state index >= 15 is 0 Å². The smallest absolute Gasteiger partial charge is 0.109 e. The summed E-state index contributed by atoms with van der Waals surface area (Å²) in [5.74, 6) is -0.228. The van der Waals surface area contributed by atoms with Crippen LogP contribution in [-0.4, -0.2) is 23.0 Å². The fraction of sp³-hybridized carbons (Fsp3) is 0.333. The van der Waals surface area contributed by atoms with Gasteiger partial charge in [0.15, 0.2) is 0 Å². The Morgan fingerprint density at radius 3 is 2.24 bits per heavy atom. The summed E-state index contributed by atoms with van der Waals surface area (Å²) in [4.78, 5) is 0. The molecular formula is C21H24ClNO2. The second-order valence-electron chi connectivity index (χ2n) is 6.81. The number of fused-ring (bicyclic) bond motifs is 2. The molecule has 0 heterocycles. The van der Waals surface area contributed by atoms with E-state index in [9.17, 15) is 10.2 Å². The van der Waals surface area contributed by atoms with Gasteiger partial charge in [-0.15, -0.1) is 0 Å². The summed E-state index contributed by atoms with van der Waals surface area (Å²) in [5.41, 5.74) is 3.53. The lowest BCUT2D eigenvalue weighted by molar-refractivity contribution is 0.0496. The topological polar surface area (TPSA) is 52.5 Å². The van der Waals surface area contributed by atoms with E-state index in [2.05, 4.69) is 37.4 Å². The first-order valence-corrected chi connectivity index (χ1v) is 8.94. The van der Waals surface area contributed by atoms with Gasteiger partial charge in [0.25, 0.3) is 0 Å². The van der Waals surface area contributed by atoms with Crippen LogP contribution in [0.4, 0.5) is 0 Å². The fourth-order valence-corrected chi connectivity index (χ4v) is 3.49. The molecule has 0 saturated carbocycles. The van der Waals surface area contributed by atoms with Crippen molar-refractivity contribution in [1.29, 1.82) is 0 Å². The van der Waals surface area contributed by atoms with E-state index in [1.165, 1.54) is 11.1 Å². The Labute approximate surface area is 153 Å². The number of benzene rings is 3. The van der Waals surface area contributed by atoms with E-state index in [0.717, 1.165) is 32.1 Å². The molecule has 3 aromatic carbocycles. The van der Waals surface area contributed by atoms with Gasteiger partial charge in [-0.05, 0) is 47.4 Å². The van der Waals surface area contributed by atoms with Crippen LogP contribution in [0.5, 0.6) is 0 Å². The lowest BCUT2D eigenvalue weighted by Crippen LogP contribution is -2.35. The molecule has 3 nitrogen and oxygen atoms in total. The van der Waals surface area contributed by atoms with Gasteiger partial charge in [0.1, 0.15) is 6.23 Å². The lowest BCUT2D eigenvalue weighted by Gasteiger charge is -2.21. The summed E-state index contributed by atoms with van der Waals surface area (Å²) in [7, 11) is 0. The fourth-order valence-electron chi connectivity index (χ4n) is 3.17. The maximum Gasteiger partial charge on any atom is 0.109 e. The Morgan fingerprint density at radius 1 is 1.00 bits per heavy atom.